The first-order valence-corrected chi connectivity index (χ1v) is 9.43. The molecule has 0 nitrogen and oxygen atoms in total. The Hall–Kier alpha value is 0. The molecule has 0 unspecified atom stereocenters. The maximum absolute atomic E-state index is 2.30. The van der Waals surface area contributed by atoms with Gasteiger partial charge in [-0.15, -0.1) is 0 Å². The van der Waals surface area contributed by atoms with Crippen molar-refractivity contribution in [3.05, 3.63) is 0 Å². The second kappa shape index (κ2) is 13.0. The summed E-state index contributed by atoms with van der Waals surface area (Å²) in [5, 5.41) is 0. The van der Waals surface area contributed by atoms with Gasteiger partial charge >= 0.3 is 0 Å². The van der Waals surface area contributed by atoms with E-state index in [1.807, 2.05) is 0 Å². The maximum Gasteiger partial charge on any atom is -0.0414 e. The SMILES string of the molecule is CCCCCCCCCCC1CCCCCCCC1. The van der Waals surface area contributed by atoms with E-state index < -0.39 is 0 Å². The van der Waals surface area contributed by atoms with Crippen LogP contribution in [0.25, 0.3) is 0 Å². The summed E-state index contributed by atoms with van der Waals surface area (Å²) in [6.07, 6.45) is 25.4. The van der Waals surface area contributed by atoms with Crippen molar-refractivity contribution in [1.82, 2.24) is 0 Å². The van der Waals surface area contributed by atoms with Gasteiger partial charge in [-0.25, -0.2) is 0 Å². The molecule has 1 aliphatic carbocycles. The van der Waals surface area contributed by atoms with Crippen LogP contribution in [-0.4, -0.2) is 0 Å². The Morgan fingerprint density at radius 2 is 1.05 bits per heavy atom. The first kappa shape index (κ1) is 17.1. The van der Waals surface area contributed by atoms with Gasteiger partial charge in [-0.3, -0.25) is 0 Å². The number of hydrogen-bond acceptors (Lipinski definition) is 0. The summed E-state index contributed by atoms with van der Waals surface area (Å²) < 4.78 is 0. The molecule has 0 aliphatic heterocycles. The Morgan fingerprint density at radius 1 is 0.579 bits per heavy atom. The topological polar surface area (TPSA) is 0 Å². The van der Waals surface area contributed by atoms with Gasteiger partial charge in [0.25, 0.3) is 0 Å². The molecule has 114 valence electrons. The first-order chi connectivity index (χ1) is 9.43. The summed E-state index contributed by atoms with van der Waals surface area (Å²) in [6.45, 7) is 2.30. The average Bonchev–Trinajstić information content (AvgIpc) is 2.55. The molecule has 0 bridgehead atoms. The Kier molecular flexibility index (Phi) is 11.7. The van der Waals surface area contributed by atoms with Gasteiger partial charge in [0.15, 0.2) is 0 Å². The highest BCUT2D eigenvalue weighted by Gasteiger charge is 2.10. The molecule has 0 spiro atoms. The van der Waals surface area contributed by atoms with Crippen LogP contribution in [-0.2, 0) is 0 Å². The number of hydrogen-bond donors (Lipinski definition) is 0. The van der Waals surface area contributed by atoms with E-state index in [0.29, 0.717) is 0 Å². The van der Waals surface area contributed by atoms with Crippen LogP contribution in [0.1, 0.15) is 116 Å². The zero-order valence-electron chi connectivity index (χ0n) is 13.6. The second-order valence-corrected chi connectivity index (χ2v) is 6.83. The molecule has 0 N–H and O–H groups in total. The van der Waals surface area contributed by atoms with E-state index in [0.717, 1.165) is 5.92 Å². The van der Waals surface area contributed by atoms with Gasteiger partial charge in [0.2, 0.25) is 0 Å². The molecular formula is C19H38. The number of unbranched alkanes of at least 4 members (excludes halogenated alkanes) is 7. The lowest BCUT2D eigenvalue weighted by Gasteiger charge is -2.15. The molecule has 19 heavy (non-hydrogen) atoms. The van der Waals surface area contributed by atoms with Gasteiger partial charge in [-0.1, -0.05) is 116 Å². The smallest absolute Gasteiger partial charge is 0.0414 e. The van der Waals surface area contributed by atoms with Crippen LogP contribution >= 0.6 is 0 Å². The van der Waals surface area contributed by atoms with Crippen LogP contribution < -0.4 is 0 Å². The lowest BCUT2D eigenvalue weighted by molar-refractivity contribution is 0.382. The van der Waals surface area contributed by atoms with E-state index >= 15 is 0 Å². The van der Waals surface area contributed by atoms with Gasteiger partial charge in [-0.05, 0) is 5.92 Å². The highest BCUT2D eigenvalue weighted by Crippen LogP contribution is 2.26. The predicted octanol–water partition coefficient (Wildman–Crippen LogP) is 7.27. The first-order valence-electron chi connectivity index (χ1n) is 9.43. The Balaban J connectivity index is 1.91. The summed E-state index contributed by atoms with van der Waals surface area (Å²) in [4.78, 5) is 0. The summed E-state index contributed by atoms with van der Waals surface area (Å²) >= 11 is 0. The van der Waals surface area contributed by atoms with Crippen molar-refractivity contribution in [2.75, 3.05) is 0 Å². The molecule has 0 aromatic heterocycles. The van der Waals surface area contributed by atoms with Crippen LogP contribution in [0.4, 0.5) is 0 Å². The van der Waals surface area contributed by atoms with E-state index in [9.17, 15) is 0 Å². The molecule has 0 aromatic carbocycles. The predicted molar refractivity (Wildman–Crippen MR) is 87.7 cm³/mol. The minimum Gasteiger partial charge on any atom is -0.0654 e. The normalized spacial score (nSPS) is 18.8. The third-order valence-electron chi connectivity index (χ3n) is 4.94. The Labute approximate surface area is 122 Å². The number of rotatable bonds is 9. The standard InChI is InChI=1S/C19H38/c1-2-3-4-5-6-7-10-13-16-19-17-14-11-8-9-12-15-18-19/h19H,2-18H2,1H3. The van der Waals surface area contributed by atoms with Crippen molar-refractivity contribution in [1.29, 1.82) is 0 Å². The maximum atomic E-state index is 2.30. The van der Waals surface area contributed by atoms with Crippen molar-refractivity contribution in [3.63, 3.8) is 0 Å². The fourth-order valence-electron chi connectivity index (χ4n) is 3.57. The Morgan fingerprint density at radius 3 is 1.63 bits per heavy atom. The van der Waals surface area contributed by atoms with Crippen molar-refractivity contribution in [2.24, 2.45) is 5.92 Å². The van der Waals surface area contributed by atoms with E-state index in [2.05, 4.69) is 6.92 Å². The van der Waals surface area contributed by atoms with Crippen LogP contribution in [0.2, 0.25) is 0 Å². The van der Waals surface area contributed by atoms with E-state index in [1.165, 1.54) is 109 Å². The van der Waals surface area contributed by atoms with E-state index in [-0.39, 0.29) is 0 Å². The molecule has 1 rings (SSSR count). The minimum absolute atomic E-state index is 1.08. The monoisotopic (exact) mass is 266 g/mol. The van der Waals surface area contributed by atoms with Crippen LogP contribution in [0.5, 0.6) is 0 Å². The third-order valence-corrected chi connectivity index (χ3v) is 4.94. The molecule has 0 amide bonds. The molecule has 0 saturated heterocycles. The zero-order valence-corrected chi connectivity index (χ0v) is 13.6. The van der Waals surface area contributed by atoms with Crippen LogP contribution in [0.15, 0.2) is 0 Å². The third kappa shape index (κ3) is 10.4. The molecular weight excluding hydrogens is 228 g/mol. The summed E-state index contributed by atoms with van der Waals surface area (Å²) in [5.41, 5.74) is 0. The fraction of sp³-hybridized carbons (Fsp3) is 1.00. The Bertz CT molecular complexity index is 163. The highest BCUT2D eigenvalue weighted by atomic mass is 14.2. The second-order valence-electron chi connectivity index (χ2n) is 6.83. The molecule has 1 saturated carbocycles. The van der Waals surface area contributed by atoms with Crippen molar-refractivity contribution < 1.29 is 0 Å². The lowest BCUT2D eigenvalue weighted by Crippen LogP contribution is -2.00. The molecule has 1 aliphatic rings. The van der Waals surface area contributed by atoms with Gasteiger partial charge in [0, 0.05) is 0 Å². The summed E-state index contributed by atoms with van der Waals surface area (Å²) in [7, 11) is 0. The molecule has 0 radical (unpaired) electrons. The van der Waals surface area contributed by atoms with Gasteiger partial charge in [0.1, 0.15) is 0 Å². The molecule has 0 heterocycles. The minimum atomic E-state index is 1.08. The van der Waals surface area contributed by atoms with Gasteiger partial charge < -0.3 is 0 Å². The van der Waals surface area contributed by atoms with Crippen LogP contribution in [0, 0.1) is 5.92 Å². The van der Waals surface area contributed by atoms with Crippen molar-refractivity contribution >= 4 is 0 Å². The quantitative estimate of drug-likeness (QED) is 0.385. The van der Waals surface area contributed by atoms with Crippen molar-refractivity contribution in [2.45, 2.75) is 116 Å². The average molecular weight is 267 g/mol. The van der Waals surface area contributed by atoms with Gasteiger partial charge in [-0.2, -0.15) is 0 Å². The largest absolute Gasteiger partial charge is 0.0654 e. The zero-order chi connectivity index (χ0) is 13.6. The molecule has 1 fully saturated rings. The van der Waals surface area contributed by atoms with Gasteiger partial charge in [0.05, 0.1) is 0 Å². The summed E-state index contributed by atoms with van der Waals surface area (Å²) in [5.74, 6) is 1.08. The summed E-state index contributed by atoms with van der Waals surface area (Å²) in [6, 6.07) is 0. The molecule has 0 atom stereocenters. The fourth-order valence-corrected chi connectivity index (χ4v) is 3.57. The van der Waals surface area contributed by atoms with E-state index in [4.69, 9.17) is 0 Å². The molecule has 0 heteroatoms. The highest BCUT2D eigenvalue weighted by molar-refractivity contribution is 4.63. The van der Waals surface area contributed by atoms with Crippen LogP contribution in [0.3, 0.4) is 0 Å². The van der Waals surface area contributed by atoms with E-state index in [1.54, 1.807) is 0 Å². The van der Waals surface area contributed by atoms with Crippen molar-refractivity contribution in [3.8, 4) is 0 Å². The lowest BCUT2D eigenvalue weighted by atomic mass is 9.91. The molecule has 0 aromatic rings.